The van der Waals surface area contributed by atoms with Gasteiger partial charge in [0, 0.05) is 31.5 Å². The molecule has 0 unspecified atom stereocenters. The Kier molecular flexibility index (Phi) is 6.49. The maximum atomic E-state index is 12.6. The van der Waals surface area contributed by atoms with Crippen molar-refractivity contribution < 1.29 is 4.79 Å². The van der Waals surface area contributed by atoms with Crippen molar-refractivity contribution >= 4 is 11.6 Å². The van der Waals surface area contributed by atoms with Crippen LogP contribution in [-0.4, -0.2) is 35.4 Å². The standard InChI is InChI=1S/C16H27N3O/c1-6-17-14-7-8-18-15(9-14)16(20)19(10-12(2)3)11-13(4)5/h7-9,12-13H,6,10-11H2,1-5H3,(H,17,18). The number of carbonyl (C=O) groups is 1. The number of nitrogens with zero attached hydrogens (tertiary/aromatic N) is 2. The topological polar surface area (TPSA) is 45.2 Å². The smallest absolute Gasteiger partial charge is 0.272 e. The van der Waals surface area contributed by atoms with Crippen LogP contribution in [0.15, 0.2) is 18.3 Å². The van der Waals surface area contributed by atoms with Gasteiger partial charge in [-0.1, -0.05) is 27.7 Å². The maximum absolute atomic E-state index is 12.6. The minimum atomic E-state index is 0.0205. The van der Waals surface area contributed by atoms with Gasteiger partial charge in [-0.15, -0.1) is 0 Å². The summed E-state index contributed by atoms with van der Waals surface area (Å²) in [6, 6.07) is 3.72. The number of pyridine rings is 1. The molecule has 0 bridgehead atoms. The van der Waals surface area contributed by atoms with E-state index in [9.17, 15) is 4.79 Å². The molecule has 1 N–H and O–H groups in total. The highest BCUT2D eigenvalue weighted by molar-refractivity contribution is 5.93. The largest absolute Gasteiger partial charge is 0.385 e. The summed E-state index contributed by atoms with van der Waals surface area (Å²) in [5.41, 5.74) is 1.46. The summed E-state index contributed by atoms with van der Waals surface area (Å²) in [7, 11) is 0. The van der Waals surface area contributed by atoms with E-state index in [1.54, 1.807) is 6.20 Å². The van der Waals surface area contributed by atoms with Crippen LogP contribution in [0.5, 0.6) is 0 Å². The Morgan fingerprint density at radius 2 is 1.85 bits per heavy atom. The predicted octanol–water partition coefficient (Wildman–Crippen LogP) is 3.27. The highest BCUT2D eigenvalue weighted by Crippen LogP contribution is 2.12. The Balaban J connectivity index is 2.89. The lowest BCUT2D eigenvalue weighted by Gasteiger charge is -2.26. The summed E-state index contributed by atoms with van der Waals surface area (Å²) in [4.78, 5) is 18.7. The van der Waals surface area contributed by atoms with Gasteiger partial charge in [-0.25, -0.2) is 0 Å². The molecule has 0 saturated carbocycles. The lowest BCUT2D eigenvalue weighted by molar-refractivity contribution is 0.0709. The zero-order chi connectivity index (χ0) is 15.1. The lowest BCUT2D eigenvalue weighted by Crippen LogP contribution is -2.37. The number of hydrogen-bond acceptors (Lipinski definition) is 3. The molecule has 0 spiro atoms. The summed E-state index contributed by atoms with van der Waals surface area (Å²) in [6.45, 7) is 12.9. The van der Waals surface area contributed by atoms with Crippen molar-refractivity contribution in [2.75, 3.05) is 25.0 Å². The van der Waals surface area contributed by atoms with Crippen LogP contribution in [0, 0.1) is 11.8 Å². The van der Waals surface area contributed by atoms with Gasteiger partial charge in [-0.2, -0.15) is 0 Å². The van der Waals surface area contributed by atoms with Gasteiger partial charge < -0.3 is 10.2 Å². The average Bonchev–Trinajstić information content (AvgIpc) is 2.37. The Labute approximate surface area is 122 Å². The van der Waals surface area contributed by atoms with Crippen LogP contribution in [0.3, 0.4) is 0 Å². The molecule has 1 heterocycles. The van der Waals surface area contributed by atoms with Crippen molar-refractivity contribution in [3.63, 3.8) is 0 Å². The fraction of sp³-hybridized carbons (Fsp3) is 0.625. The van der Waals surface area contributed by atoms with E-state index in [4.69, 9.17) is 0 Å². The molecule has 20 heavy (non-hydrogen) atoms. The Morgan fingerprint density at radius 1 is 1.25 bits per heavy atom. The first-order chi connectivity index (χ1) is 9.43. The lowest BCUT2D eigenvalue weighted by atomic mass is 10.1. The van der Waals surface area contributed by atoms with Crippen molar-refractivity contribution in [2.45, 2.75) is 34.6 Å². The molecule has 0 aliphatic heterocycles. The van der Waals surface area contributed by atoms with Crippen molar-refractivity contribution in [3.8, 4) is 0 Å². The molecular weight excluding hydrogens is 250 g/mol. The number of carbonyl (C=O) groups excluding carboxylic acids is 1. The Morgan fingerprint density at radius 3 is 2.35 bits per heavy atom. The van der Waals surface area contributed by atoms with Gasteiger partial charge in [0.15, 0.2) is 0 Å². The van der Waals surface area contributed by atoms with Gasteiger partial charge in [0.2, 0.25) is 0 Å². The second-order valence-corrected chi connectivity index (χ2v) is 5.96. The van der Waals surface area contributed by atoms with Crippen LogP contribution >= 0.6 is 0 Å². The van der Waals surface area contributed by atoms with Crippen molar-refractivity contribution in [3.05, 3.63) is 24.0 Å². The molecule has 0 saturated heterocycles. The molecule has 0 radical (unpaired) electrons. The van der Waals surface area contributed by atoms with Crippen molar-refractivity contribution in [2.24, 2.45) is 11.8 Å². The van der Waals surface area contributed by atoms with Crippen molar-refractivity contribution in [1.82, 2.24) is 9.88 Å². The summed E-state index contributed by atoms with van der Waals surface area (Å²) >= 11 is 0. The zero-order valence-electron chi connectivity index (χ0n) is 13.3. The van der Waals surface area contributed by atoms with Gasteiger partial charge in [0.25, 0.3) is 5.91 Å². The average molecular weight is 277 g/mol. The van der Waals surface area contributed by atoms with Gasteiger partial charge in [-0.05, 0) is 30.9 Å². The molecule has 0 fully saturated rings. The van der Waals surface area contributed by atoms with Gasteiger partial charge in [0.1, 0.15) is 5.69 Å². The molecule has 4 nitrogen and oxygen atoms in total. The number of aromatic nitrogens is 1. The molecule has 0 atom stereocenters. The molecule has 1 amide bonds. The number of rotatable bonds is 7. The summed E-state index contributed by atoms with van der Waals surface area (Å²) in [6.07, 6.45) is 1.69. The summed E-state index contributed by atoms with van der Waals surface area (Å²) in [5, 5.41) is 3.21. The van der Waals surface area contributed by atoms with E-state index < -0.39 is 0 Å². The third kappa shape index (κ3) is 5.19. The predicted molar refractivity (Wildman–Crippen MR) is 84.0 cm³/mol. The molecule has 0 aliphatic rings. The van der Waals surface area contributed by atoms with E-state index in [-0.39, 0.29) is 5.91 Å². The summed E-state index contributed by atoms with van der Waals surface area (Å²) < 4.78 is 0. The first kappa shape index (κ1) is 16.5. The molecule has 0 aromatic carbocycles. The van der Waals surface area contributed by atoms with E-state index in [1.165, 1.54) is 0 Å². The quantitative estimate of drug-likeness (QED) is 0.832. The second-order valence-electron chi connectivity index (χ2n) is 5.96. The third-order valence-electron chi connectivity index (χ3n) is 2.82. The molecule has 112 valence electrons. The van der Waals surface area contributed by atoms with E-state index in [2.05, 4.69) is 38.0 Å². The fourth-order valence-electron chi connectivity index (χ4n) is 2.15. The number of hydrogen-bond donors (Lipinski definition) is 1. The van der Waals surface area contributed by atoms with E-state index >= 15 is 0 Å². The first-order valence-electron chi connectivity index (χ1n) is 7.43. The summed E-state index contributed by atoms with van der Waals surface area (Å²) in [5.74, 6) is 0.927. The van der Waals surface area contributed by atoms with Crippen LogP contribution in [0.25, 0.3) is 0 Å². The molecular formula is C16H27N3O. The minimum Gasteiger partial charge on any atom is -0.385 e. The van der Waals surface area contributed by atoms with E-state index in [0.717, 1.165) is 25.3 Å². The molecule has 1 aromatic rings. The minimum absolute atomic E-state index is 0.0205. The Bertz CT molecular complexity index is 419. The SMILES string of the molecule is CCNc1ccnc(C(=O)N(CC(C)C)CC(C)C)c1. The number of nitrogens with one attached hydrogen (secondary N) is 1. The van der Waals surface area contributed by atoms with Crippen molar-refractivity contribution in [1.29, 1.82) is 0 Å². The van der Waals surface area contributed by atoms with Crippen LogP contribution < -0.4 is 5.32 Å². The Hall–Kier alpha value is -1.58. The second kappa shape index (κ2) is 7.88. The normalized spacial score (nSPS) is 10.9. The van der Waals surface area contributed by atoms with Crippen LogP contribution in [0.4, 0.5) is 5.69 Å². The molecule has 4 heteroatoms. The highest BCUT2D eigenvalue weighted by atomic mass is 16.2. The van der Waals surface area contributed by atoms with Crippen LogP contribution in [0.2, 0.25) is 0 Å². The first-order valence-corrected chi connectivity index (χ1v) is 7.43. The van der Waals surface area contributed by atoms with Crippen LogP contribution in [0.1, 0.15) is 45.1 Å². The van der Waals surface area contributed by atoms with E-state index in [1.807, 2.05) is 24.0 Å². The van der Waals surface area contributed by atoms with E-state index in [0.29, 0.717) is 17.5 Å². The third-order valence-corrected chi connectivity index (χ3v) is 2.82. The maximum Gasteiger partial charge on any atom is 0.272 e. The van der Waals surface area contributed by atoms with Gasteiger partial charge >= 0.3 is 0 Å². The molecule has 0 aliphatic carbocycles. The van der Waals surface area contributed by atoms with Crippen LogP contribution in [-0.2, 0) is 0 Å². The highest BCUT2D eigenvalue weighted by Gasteiger charge is 2.19. The van der Waals surface area contributed by atoms with Gasteiger partial charge in [-0.3, -0.25) is 9.78 Å². The molecule has 1 rings (SSSR count). The monoisotopic (exact) mass is 277 g/mol. The number of anilines is 1. The van der Waals surface area contributed by atoms with Gasteiger partial charge in [0.05, 0.1) is 0 Å². The zero-order valence-corrected chi connectivity index (χ0v) is 13.3. The molecule has 1 aromatic heterocycles. The fourth-order valence-corrected chi connectivity index (χ4v) is 2.15. The number of amides is 1.